The molecule has 1 heterocycles. The van der Waals surface area contributed by atoms with Gasteiger partial charge in [0.15, 0.2) is 6.29 Å². The van der Waals surface area contributed by atoms with Gasteiger partial charge in [-0.25, -0.2) is 0 Å². The molecule has 2 nitrogen and oxygen atoms in total. The summed E-state index contributed by atoms with van der Waals surface area (Å²) in [7, 11) is 0. The maximum absolute atomic E-state index is 6.71. The third-order valence-corrected chi connectivity index (χ3v) is 11.8. The van der Waals surface area contributed by atoms with Crippen LogP contribution in [0.1, 0.15) is 118 Å². The van der Waals surface area contributed by atoms with E-state index in [0.717, 1.165) is 60.8 Å². The standard InChI is InChI=1S/C32H53ClO2/c1-21(2)8-7-9-22(3)29-13-14-30-28-18-23(20-33)27-19-24(35-31-10-5-6-17-34-31)11-12-25(27)26(28)15-16-32(29,30)4/h21-24,26,28-31H,5-20H2,1-4H3/t22-,23?,24+,26-,28-,29-,30+,31?,32-/m1/s1. The van der Waals surface area contributed by atoms with Gasteiger partial charge in [-0.15, -0.1) is 11.6 Å². The Kier molecular flexibility index (Phi) is 8.62. The summed E-state index contributed by atoms with van der Waals surface area (Å²) in [6, 6.07) is 0. The summed E-state index contributed by atoms with van der Waals surface area (Å²) in [5.41, 5.74) is 4.12. The van der Waals surface area contributed by atoms with Gasteiger partial charge in [0, 0.05) is 12.5 Å². The van der Waals surface area contributed by atoms with Crippen LogP contribution in [0.5, 0.6) is 0 Å². The monoisotopic (exact) mass is 504 g/mol. The fourth-order valence-corrected chi connectivity index (χ4v) is 9.97. The number of hydrogen-bond donors (Lipinski definition) is 0. The second-order valence-corrected chi connectivity index (χ2v) is 14.2. The summed E-state index contributed by atoms with van der Waals surface area (Å²) < 4.78 is 12.4. The molecule has 3 heteroatoms. The Morgan fingerprint density at radius 2 is 1.89 bits per heavy atom. The zero-order chi connectivity index (χ0) is 24.6. The van der Waals surface area contributed by atoms with E-state index in [1.807, 2.05) is 5.57 Å². The van der Waals surface area contributed by atoms with Crippen LogP contribution in [0.25, 0.3) is 0 Å². The van der Waals surface area contributed by atoms with Crippen LogP contribution in [0.15, 0.2) is 11.1 Å². The van der Waals surface area contributed by atoms with Crippen molar-refractivity contribution in [2.24, 2.45) is 46.8 Å². The lowest BCUT2D eigenvalue weighted by molar-refractivity contribution is -0.190. The average molecular weight is 505 g/mol. The predicted octanol–water partition coefficient (Wildman–Crippen LogP) is 9.16. The predicted molar refractivity (Wildman–Crippen MR) is 147 cm³/mol. The Balaban J connectivity index is 1.27. The first-order valence-corrected chi connectivity index (χ1v) is 16.0. The molecule has 0 radical (unpaired) electrons. The summed E-state index contributed by atoms with van der Waals surface area (Å²) >= 11 is 6.71. The number of ether oxygens (including phenoxy) is 2. The van der Waals surface area contributed by atoms with Gasteiger partial charge in [-0.2, -0.15) is 0 Å². The topological polar surface area (TPSA) is 18.5 Å². The van der Waals surface area contributed by atoms with Crippen molar-refractivity contribution >= 4 is 11.6 Å². The van der Waals surface area contributed by atoms with Crippen molar-refractivity contribution in [3.63, 3.8) is 0 Å². The highest BCUT2D eigenvalue weighted by Crippen LogP contribution is 2.65. The first-order chi connectivity index (χ1) is 16.9. The normalized spacial score (nSPS) is 42.5. The smallest absolute Gasteiger partial charge is 0.157 e. The van der Waals surface area contributed by atoms with Crippen LogP contribution in [0.2, 0.25) is 0 Å². The molecule has 35 heavy (non-hydrogen) atoms. The van der Waals surface area contributed by atoms with Crippen LogP contribution in [0.4, 0.5) is 0 Å². The summed E-state index contributed by atoms with van der Waals surface area (Å²) in [6.45, 7) is 10.9. The maximum atomic E-state index is 6.71. The highest BCUT2D eigenvalue weighted by molar-refractivity contribution is 6.18. The molecular formula is C32H53ClO2. The van der Waals surface area contributed by atoms with Gasteiger partial charge in [0.2, 0.25) is 0 Å². The lowest BCUT2D eigenvalue weighted by Gasteiger charge is -2.54. The number of halogens is 1. The Bertz CT molecular complexity index is 740. The zero-order valence-corrected chi connectivity index (χ0v) is 24.0. The second-order valence-electron chi connectivity index (χ2n) is 13.8. The van der Waals surface area contributed by atoms with Gasteiger partial charge in [-0.3, -0.25) is 0 Å². The SMILES string of the molecule is CC(C)CCC[C@@H](C)[C@H]1CC[C@H]2[C@@H]3CC(CCl)C4=C(CC[C@H](OC5CCCCO5)C4)[C@H]3CC[C@]12C. The van der Waals surface area contributed by atoms with Crippen LogP contribution in [-0.4, -0.2) is 24.9 Å². The molecule has 0 bridgehead atoms. The minimum absolute atomic E-state index is 0.0371. The molecule has 1 aliphatic heterocycles. The summed E-state index contributed by atoms with van der Waals surface area (Å²) in [5.74, 6) is 6.68. The average Bonchev–Trinajstić information content (AvgIpc) is 3.21. The largest absolute Gasteiger partial charge is 0.353 e. The van der Waals surface area contributed by atoms with Gasteiger partial charge in [0.1, 0.15) is 0 Å². The lowest BCUT2D eigenvalue weighted by Crippen LogP contribution is -2.47. The Morgan fingerprint density at radius 1 is 1.03 bits per heavy atom. The van der Waals surface area contributed by atoms with Crippen LogP contribution < -0.4 is 0 Å². The van der Waals surface area contributed by atoms with Crippen molar-refractivity contribution in [1.82, 2.24) is 0 Å². The second kappa shape index (κ2) is 11.4. The van der Waals surface area contributed by atoms with Gasteiger partial charge in [0.05, 0.1) is 6.10 Å². The number of allylic oxidation sites excluding steroid dienone is 1. The molecule has 0 spiro atoms. The molecule has 0 aromatic heterocycles. The Hall–Kier alpha value is -0.0500. The van der Waals surface area contributed by atoms with Crippen molar-refractivity contribution in [3.8, 4) is 0 Å². The molecule has 0 aromatic carbocycles. The molecule has 5 aliphatic rings. The van der Waals surface area contributed by atoms with E-state index >= 15 is 0 Å². The van der Waals surface area contributed by atoms with Crippen LogP contribution in [0.3, 0.4) is 0 Å². The third kappa shape index (κ3) is 5.42. The first-order valence-electron chi connectivity index (χ1n) is 15.5. The van der Waals surface area contributed by atoms with E-state index in [4.69, 9.17) is 21.1 Å². The molecule has 0 amide bonds. The quantitative estimate of drug-likeness (QED) is 0.242. The molecule has 5 rings (SSSR count). The lowest BCUT2D eigenvalue weighted by atomic mass is 9.51. The van der Waals surface area contributed by atoms with Crippen molar-refractivity contribution in [2.45, 2.75) is 130 Å². The maximum Gasteiger partial charge on any atom is 0.157 e. The minimum Gasteiger partial charge on any atom is -0.353 e. The summed E-state index contributed by atoms with van der Waals surface area (Å²) in [6.07, 6.45) is 18.9. The Labute approximate surface area is 221 Å². The van der Waals surface area contributed by atoms with Crippen LogP contribution >= 0.6 is 11.6 Å². The van der Waals surface area contributed by atoms with Crippen molar-refractivity contribution < 1.29 is 9.47 Å². The van der Waals surface area contributed by atoms with Gasteiger partial charge in [0.25, 0.3) is 0 Å². The van der Waals surface area contributed by atoms with Crippen molar-refractivity contribution in [2.75, 3.05) is 12.5 Å². The van der Waals surface area contributed by atoms with Crippen molar-refractivity contribution in [3.05, 3.63) is 11.1 Å². The molecular weight excluding hydrogens is 452 g/mol. The van der Waals surface area contributed by atoms with E-state index in [0.29, 0.717) is 17.4 Å². The summed E-state index contributed by atoms with van der Waals surface area (Å²) in [5, 5.41) is 0. The molecule has 2 saturated carbocycles. The van der Waals surface area contributed by atoms with E-state index in [1.165, 1.54) is 77.0 Å². The molecule has 0 N–H and O–H groups in total. The first kappa shape index (κ1) is 26.6. The molecule has 2 unspecified atom stereocenters. The van der Waals surface area contributed by atoms with E-state index in [9.17, 15) is 0 Å². The fourth-order valence-electron chi connectivity index (χ4n) is 9.66. The number of hydrogen-bond acceptors (Lipinski definition) is 2. The highest BCUT2D eigenvalue weighted by Gasteiger charge is 2.56. The van der Waals surface area contributed by atoms with E-state index in [2.05, 4.69) is 27.7 Å². The Morgan fingerprint density at radius 3 is 2.63 bits per heavy atom. The number of rotatable bonds is 8. The van der Waals surface area contributed by atoms with Gasteiger partial charge >= 0.3 is 0 Å². The number of alkyl halides is 1. The van der Waals surface area contributed by atoms with E-state index < -0.39 is 0 Å². The molecule has 4 aliphatic carbocycles. The van der Waals surface area contributed by atoms with E-state index in [-0.39, 0.29) is 6.29 Å². The molecule has 0 aromatic rings. The van der Waals surface area contributed by atoms with Gasteiger partial charge in [-0.1, -0.05) is 58.1 Å². The van der Waals surface area contributed by atoms with Gasteiger partial charge in [-0.05, 0) is 117 Å². The zero-order valence-electron chi connectivity index (χ0n) is 23.2. The van der Waals surface area contributed by atoms with Crippen molar-refractivity contribution in [1.29, 1.82) is 0 Å². The fraction of sp³-hybridized carbons (Fsp3) is 0.938. The minimum atomic E-state index is 0.0371. The van der Waals surface area contributed by atoms with Crippen LogP contribution in [0, 0.1) is 46.8 Å². The van der Waals surface area contributed by atoms with E-state index in [1.54, 1.807) is 5.57 Å². The third-order valence-electron chi connectivity index (χ3n) is 11.4. The molecule has 1 saturated heterocycles. The highest BCUT2D eigenvalue weighted by atomic mass is 35.5. The summed E-state index contributed by atoms with van der Waals surface area (Å²) in [4.78, 5) is 0. The van der Waals surface area contributed by atoms with Gasteiger partial charge < -0.3 is 9.47 Å². The number of fused-ring (bicyclic) bond motifs is 4. The molecule has 3 fully saturated rings. The molecule has 200 valence electrons. The molecule has 9 atom stereocenters. The van der Waals surface area contributed by atoms with Crippen LogP contribution in [-0.2, 0) is 9.47 Å².